The number of β-amino-alcohol motifs (C(OH)–C–C–N with tert-alkyl or cyclic N) is 1. The Morgan fingerprint density at radius 3 is 2.87 bits per heavy atom. The van der Waals surface area contributed by atoms with E-state index in [-0.39, 0.29) is 24.9 Å². The van der Waals surface area contributed by atoms with Gasteiger partial charge in [-0.2, -0.15) is 10.2 Å². The normalized spacial score (nSPS) is 13.8. The van der Waals surface area contributed by atoms with Crippen molar-refractivity contribution in [3.05, 3.63) is 48.0 Å². The zero-order chi connectivity index (χ0) is 22.0. The Morgan fingerprint density at radius 1 is 1.29 bits per heavy atom. The maximum Gasteiger partial charge on any atom is 0.325 e. The van der Waals surface area contributed by atoms with Gasteiger partial charge in [-0.15, -0.1) is 0 Å². The monoisotopic (exact) mass is 425 g/mol. The van der Waals surface area contributed by atoms with Crippen LogP contribution in [-0.2, 0) is 13.6 Å². The largest absolute Gasteiger partial charge is 0.395 e. The van der Waals surface area contributed by atoms with Crippen molar-refractivity contribution in [2.24, 2.45) is 12.8 Å². The molecule has 0 atom stereocenters. The highest BCUT2D eigenvalue weighted by molar-refractivity contribution is 6.06. The van der Waals surface area contributed by atoms with Crippen LogP contribution < -0.4 is 16.0 Å². The molecule has 3 aromatic heterocycles. The van der Waals surface area contributed by atoms with E-state index < -0.39 is 5.91 Å². The fourth-order valence-electron chi connectivity index (χ4n) is 3.33. The van der Waals surface area contributed by atoms with Crippen molar-refractivity contribution in [1.82, 2.24) is 29.4 Å². The highest BCUT2D eigenvalue weighted by Crippen LogP contribution is 2.27. The molecule has 31 heavy (non-hydrogen) atoms. The van der Waals surface area contributed by atoms with Gasteiger partial charge in [0, 0.05) is 45.0 Å². The van der Waals surface area contributed by atoms with Crippen LogP contribution in [0.15, 0.2) is 36.8 Å². The van der Waals surface area contributed by atoms with E-state index in [1.165, 1.54) is 14.5 Å². The van der Waals surface area contributed by atoms with Gasteiger partial charge in [0.25, 0.3) is 5.91 Å². The molecule has 4 N–H and O–H groups in total. The van der Waals surface area contributed by atoms with Gasteiger partial charge in [0.15, 0.2) is 11.6 Å². The number of nitrogens with two attached hydrogens (primary N) is 1. The Bertz CT molecular complexity index is 1110. The molecular formula is C19H23N9O3. The van der Waals surface area contributed by atoms with Crippen molar-refractivity contribution in [3.8, 4) is 5.82 Å². The Kier molecular flexibility index (Phi) is 5.64. The van der Waals surface area contributed by atoms with Crippen LogP contribution in [0.1, 0.15) is 16.1 Å². The zero-order valence-corrected chi connectivity index (χ0v) is 17.0. The molecule has 0 radical (unpaired) electrons. The first-order valence-corrected chi connectivity index (χ1v) is 9.73. The van der Waals surface area contributed by atoms with Gasteiger partial charge >= 0.3 is 6.03 Å². The molecule has 162 valence electrons. The van der Waals surface area contributed by atoms with Crippen LogP contribution in [0, 0.1) is 0 Å². The van der Waals surface area contributed by atoms with Gasteiger partial charge in [-0.05, 0) is 12.1 Å². The van der Waals surface area contributed by atoms with Crippen LogP contribution in [0.25, 0.3) is 5.82 Å². The smallest absolute Gasteiger partial charge is 0.325 e. The number of aliphatic hydroxyl groups is 1. The minimum Gasteiger partial charge on any atom is -0.395 e. The Labute approximate surface area is 177 Å². The topological polar surface area (TPSA) is 147 Å². The van der Waals surface area contributed by atoms with Gasteiger partial charge in [0.1, 0.15) is 11.4 Å². The molecule has 1 aliphatic heterocycles. The summed E-state index contributed by atoms with van der Waals surface area (Å²) in [5.41, 5.74) is 7.05. The molecule has 12 nitrogen and oxygen atoms in total. The minimum absolute atomic E-state index is 0.115. The molecule has 0 unspecified atom stereocenters. The molecule has 0 saturated carbocycles. The molecule has 0 bridgehead atoms. The summed E-state index contributed by atoms with van der Waals surface area (Å²) < 4.78 is 3.07. The lowest BCUT2D eigenvalue weighted by molar-refractivity contribution is 0.102. The number of carbonyl (C=O) groups excluding carboxylic acids is 2. The highest BCUT2D eigenvalue weighted by Gasteiger charge is 2.32. The van der Waals surface area contributed by atoms with Gasteiger partial charge in [-0.3, -0.25) is 14.4 Å². The van der Waals surface area contributed by atoms with Crippen molar-refractivity contribution in [2.75, 3.05) is 36.5 Å². The van der Waals surface area contributed by atoms with Crippen LogP contribution in [0.5, 0.6) is 0 Å². The van der Waals surface area contributed by atoms with E-state index in [2.05, 4.69) is 20.5 Å². The van der Waals surface area contributed by atoms with E-state index in [0.717, 1.165) is 5.56 Å². The molecule has 0 spiro atoms. The van der Waals surface area contributed by atoms with E-state index in [4.69, 9.17) is 10.8 Å². The molecule has 3 aromatic rings. The second-order valence-electron chi connectivity index (χ2n) is 7.02. The third-order valence-electron chi connectivity index (χ3n) is 4.85. The summed E-state index contributed by atoms with van der Waals surface area (Å²) in [4.78, 5) is 32.9. The second-order valence-corrected chi connectivity index (χ2v) is 7.02. The fourth-order valence-corrected chi connectivity index (χ4v) is 3.33. The van der Waals surface area contributed by atoms with Crippen molar-refractivity contribution in [1.29, 1.82) is 0 Å². The van der Waals surface area contributed by atoms with Gasteiger partial charge in [0.05, 0.1) is 19.0 Å². The Hall–Kier alpha value is -3.77. The molecule has 12 heteroatoms. The Balaban J connectivity index is 1.55. The van der Waals surface area contributed by atoms with Crippen molar-refractivity contribution in [3.63, 3.8) is 0 Å². The minimum atomic E-state index is -0.443. The quantitative estimate of drug-likeness (QED) is 0.481. The van der Waals surface area contributed by atoms with Crippen LogP contribution in [0.4, 0.5) is 16.3 Å². The molecule has 1 saturated heterocycles. The molecular weight excluding hydrogens is 402 g/mol. The summed E-state index contributed by atoms with van der Waals surface area (Å²) in [6, 6.07) is 4.77. The second kappa shape index (κ2) is 8.53. The summed E-state index contributed by atoms with van der Waals surface area (Å²) >= 11 is 0. The molecule has 1 aliphatic rings. The summed E-state index contributed by atoms with van der Waals surface area (Å²) in [6.45, 7) is 1.38. The molecule has 1 fully saturated rings. The first-order valence-electron chi connectivity index (χ1n) is 9.73. The number of hydrogen-bond donors (Lipinski definition) is 3. The van der Waals surface area contributed by atoms with Crippen molar-refractivity contribution in [2.45, 2.75) is 6.54 Å². The first-order chi connectivity index (χ1) is 15.0. The SMILES string of the molecule is Cn1cc(NC(=O)c2cccc(-n3cc(CN)cn3)n2)c(N2CCN(CCO)C2=O)n1. The lowest BCUT2D eigenvalue weighted by Crippen LogP contribution is -2.34. The average molecular weight is 425 g/mol. The van der Waals surface area contributed by atoms with Gasteiger partial charge in [-0.1, -0.05) is 6.07 Å². The molecule has 3 amide bonds. The zero-order valence-electron chi connectivity index (χ0n) is 17.0. The first kappa shape index (κ1) is 20.5. The highest BCUT2D eigenvalue weighted by atomic mass is 16.3. The van der Waals surface area contributed by atoms with Crippen LogP contribution in [0.3, 0.4) is 0 Å². The van der Waals surface area contributed by atoms with Crippen LogP contribution in [-0.4, -0.2) is 72.7 Å². The van der Waals surface area contributed by atoms with Crippen molar-refractivity contribution < 1.29 is 14.7 Å². The number of aromatic nitrogens is 5. The van der Waals surface area contributed by atoms with E-state index in [1.807, 2.05) is 0 Å². The summed E-state index contributed by atoms with van der Waals surface area (Å²) in [5.74, 6) is 0.381. The third-order valence-corrected chi connectivity index (χ3v) is 4.85. The maximum absolute atomic E-state index is 12.9. The van der Waals surface area contributed by atoms with E-state index in [1.54, 1.807) is 48.5 Å². The number of urea groups is 1. The number of pyridine rings is 1. The third kappa shape index (κ3) is 4.11. The van der Waals surface area contributed by atoms with Gasteiger partial charge in [-0.25, -0.2) is 14.5 Å². The summed E-state index contributed by atoms with van der Waals surface area (Å²) in [6.07, 6.45) is 5.02. The lowest BCUT2D eigenvalue weighted by Gasteiger charge is -2.17. The predicted molar refractivity (Wildman–Crippen MR) is 112 cm³/mol. The van der Waals surface area contributed by atoms with Crippen LogP contribution in [0.2, 0.25) is 0 Å². The van der Waals surface area contributed by atoms with E-state index >= 15 is 0 Å². The predicted octanol–water partition coefficient (Wildman–Crippen LogP) is -0.0539. The lowest BCUT2D eigenvalue weighted by atomic mass is 10.3. The number of nitrogens with zero attached hydrogens (tertiary/aromatic N) is 7. The fraction of sp³-hybridized carbons (Fsp3) is 0.316. The standard InChI is InChI=1S/C19H23N9O3/c1-25-12-15(17(24-25)27-6-5-26(7-8-29)19(27)31)23-18(30)14-3-2-4-16(22-14)28-11-13(9-20)10-21-28/h2-4,10-12,29H,5-9,20H2,1H3,(H,23,30). The number of aryl methyl sites for hydroxylation is 1. The molecule has 4 heterocycles. The number of aliphatic hydroxyl groups excluding tert-OH is 1. The maximum atomic E-state index is 12.9. The van der Waals surface area contributed by atoms with Crippen molar-refractivity contribution >= 4 is 23.4 Å². The summed E-state index contributed by atoms with van der Waals surface area (Å²) in [5, 5.41) is 20.4. The number of anilines is 2. The van der Waals surface area contributed by atoms with E-state index in [9.17, 15) is 9.59 Å². The number of rotatable bonds is 7. The Morgan fingerprint density at radius 2 is 2.13 bits per heavy atom. The van der Waals surface area contributed by atoms with Gasteiger partial charge < -0.3 is 21.1 Å². The number of carbonyl (C=O) groups is 2. The number of nitrogens with one attached hydrogen (secondary N) is 1. The average Bonchev–Trinajstić information content (AvgIpc) is 3.48. The molecule has 4 rings (SSSR count). The van der Waals surface area contributed by atoms with E-state index in [0.29, 0.717) is 37.0 Å². The summed E-state index contributed by atoms with van der Waals surface area (Å²) in [7, 11) is 1.71. The van der Waals surface area contributed by atoms with Gasteiger partial charge in [0.2, 0.25) is 0 Å². The molecule has 0 aromatic carbocycles. The number of hydrogen-bond acceptors (Lipinski definition) is 7. The molecule has 0 aliphatic carbocycles. The number of amides is 3. The van der Waals surface area contributed by atoms with Crippen LogP contribution >= 0.6 is 0 Å².